The van der Waals surface area contributed by atoms with Crippen molar-refractivity contribution >= 4 is 15.7 Å². The highest BCUT2D eigenvalue weighted by molar-refractivity contribution is 7.92. The fraction of sp³-hybridized carbons (Fsp3) is 0.294. The maximum Gasteiger partial charge on any atom is 0.573 e. The quantitative estimate of drug-likeness (QED) is 0.806. The number of phenolic OH excluding ortho intramolecular Hbond substituents is 1. The first-order valence-electron chi connectivity index (χ1n) is 7.66. The summed E-state index contributed by atoms with van der Waals surface area (Å²) in [5.74, 6) is -0.635. The van der Waals surface area contributed by atoms with Gasteiger partial charge < -0.3 is 9.84 Å². The van der Waals surface area contributed by atoms with Crippen LogP contribution in [0, 0.1) is 5.92 Å². The normalized spacial score (nSPS) is 12.2. The van der Waals surface area contributed by atoms with Crippen molar-refractivity contribution in [1.82, 2.24) is 0 Å². The first-order chi connectivity index (χ1) is 12.0. The maximum absolute atomic E-state index is 13.0. The molecule has 0 heterocycles. The van der Waals surface area contributed by atoms with E-state index in [4.69, 9.17) is 0 Å². The van der Waals surface area contributed by atoms with E-state index in [1.807, 2.05) is 13.8 Å². The number of sulfonamides is 1. The van der Waals surface area contributed by atoms with Gasteiger partial charge in [0.05, 0.1) is 10.6 Å². The van der Waals surface area contributed by atoms with E-state index in [0.29, 0.717) is 0 Å². The molecular formula is C17H18F3NO4S. The van der Waals surface area contributed by atoms with Crippen molar-refractivity contribution < 1.29 is 31.4 Å². The number of alkyl halides is 3. The lowest BCUT2D eigenvalue weighted by atomic mass is 10.2. The first kappa shape index (κ1) is 19.9. The minimum Gasteiger partial charge on any atom is -0.508 e. The van der Waals surface area contributed by atoms with Gasteiger partial charge in [-0.25, -0.2) is 8.42 Å². The van der Waals surface area contributed by atoms with E-state index in [2.05, 4.69) is 4.74 Å². The number of halogens is 3. The SMILES string of the molecule is CC(C)CN(c1cccc(O)c1)S(=O)(=O)c1ccc(OC(F)(F)F)cc1. The number of hydrogen-bond acceptors (Lipinski definition) is 4. The third-order valence-electron chi connectivity index (χ3n) is 3.29. The Morgan fingerprint density at radius 1 is 1.12 bits per heavy atom. The van der Waals surface area contributed by atoms with Crippen LogP contribution >= 0.6 is 0 Å². The molecule has 2 aromatic carbocycles. The molecule has 0 aliphatic rings. The van der Waals surface area contributed by atoms with Crippen LogP contribution in [0.3, 0.4) is 0 Å². The van der Waals surface area contributed by atoms with E-state index in [0.717, 1.165) is 28.6 Å². The van der Waals surface area contributed by atoms with Gasteiger partial charge in [-0.05, 0) is 42.3 Å². The lowest BCUT2D eigenvalue weighted by molar-refractivity contribution is -0.274. The number of phenols is 1. The number of hydrogen-bond donors (Lipinski definition) is 1. The van der Waals surface area contributed by atoms with E-state index in [1.54, 1.807) is 0 Å². The molecule has 5 nitrogen and oxygen atoms in total. The van der Waals surface area contributed by atoms with Crippen LogP contribution in [0.4, 0.5) is 18.9 Å². The van der Waals surface area contributed by atoms with Crippen molar-refractivity contribution in [3.63, 3.8) is 0 Å². The fourth-order valence-electron chi connectivity index (χ4n) is 2.26. The molecule has 26 heavy (non-hydrogen) atoms. The van der Waals surface area contributed by atoms with Gasteiger partial charge in [-0.15, -0.1) is 13.2 Å². The number of benzene rings is 2. The zero-order chi connectivity index (χ0) is 19.5. The maximum atomic E-state index is 13.0. The van der Waals surface area contributed by atoms with Crippen molar-refractivity contribution in [2.45, 2.75) is 25.1 Å². The monoisotopic (exact) mass is 389 g/mol. The van der Waals surface area contributed by atoms with Crippen molar-refractivity contribution in [3.8, 4) is 11.5 Å². The van der Waals surface area contributed by atoms with Crippen LogP contribution in [0.2, 0.25) is 0 Å². The molecule has 0 aromatic heterocycles. The number of rotatable bonds is 6. The van der Waals surface area contributed by atoms with E-state index in [-0.39, 0.29) is 28.8 Å². The van der Waals surface area contributed by atoms with Crippen LogP contribution in [0.25, 0.3) is 0 Å². The Morgan fingerprint density at radius 2 is 1.73 bits per heavy atom. The summed E-state index contributed by atoms with van der Waals surface area (Å²) in [6.07, 6.45) is -4.86. The summed E-state index contributed by atoms with van der Waals surface area (Å²) >= 11 is 0. The van der Waals surface area contributed by atoms with E-state index >= 15 is 0 Å². The highest BCUT2D eigenvalue weighted by Gasteiger charge is 2.31. The number of ether oxygens (including phenoxy) is 1. The largest absolute Gasteiger partial charge is 0.573 e. The van der Waals surface area contributed by atoms with Crippen molar-refractivity contribution in [2.75, 3.05) is 10.8 Å². The molecule has 142 valence electrons. The van der Waals surface area contributed by atoms with Crippen molar-refractivity contribution in [3.05, 3.63) is 48.5 Å². The summed E-state index contributed by atoms with van der Waals surface area (Å²) in [5, 5.41) is 9.63. The minimum atomic E-state index is -4.86. The molecule has 0 bridgehead atoms. The van der Waals surface area contributed by atoms with Gasteiger partial charge >= 0.3 is 6.36 Å². The van der Waals surface area contributed by atoms with Crippen LogP contribution in [-0.4, -0.2) is 26.4 Å². The van der Waals surface area contributed by atoms with E-state index < -0.39 is 22.1 Å². The van der Waals surface area contributed by atoms with Gasteiger partial charge in [0.1, 0.15) is 11.5 Å². The van der Waals surface area contributed by atoms with Crippen LogP contribution < -0.4 is 9.04 Å². The molecule has 2 rings (SSSR count). The minimum absolute atomic E-state index is 0.0278. The Morgan fingerprint density at radius 3 is 2.23 bits per heavy atom. The molecular weight excluding hydrogens is 371 g/mol. The Bertz CT molecular complexity index is 849. The Kier molecular flexibility index (Phi) is 5.70. The Balaban J connectivity index is 2.40. The zero-order valence-corrected chi connectivity index (χ0v) is 14.9. The molecule has 0 aliphatic carbocycles. The molecule has 0 spiro atoms. The van der Waals surface area contributed by atoms with Gasteiger partial charge in [0.25, 0.3) is 10.0 Å². The molecule has 0 fully saturated rings. The first-order valence-corrected chi connectivity index (χ1v) is 9.10. The van der Waals surface area contributed by atoms with E-state index in [9.17, 15) is 26.7 Å². The summed E-state index contributed by atoms with van der Waals surface area (Å²) in [6, 6.07) is 9.73. The fourth-order valence-corrected chi connectivity index (χ4v) is 3.88. The summed E-state index contributed by atoms with van der Waals surface area (Å²) in [5.41, 5.74) is 0.259. The number of anilines is 1. The topological polar surface area (TPSA) is 66.8 Å². The van der Waals surface area contributed by atoms with Gasteiger partial charge in [-0.1, -0.05) is 19.9 Å². The van der Waals surface area contributed by atoms with Crippen LogP contribution in [0.1, 0.15) is 13.8 Å². The van der Waals surface area contributed by atoms with Gasteiger partial charge in [0.15, 0.2) is 0 Å². The highest BCUT2D eigenvalue weighted by atomic mass is 32.2. The molecule has 0 atom stereocenters. The standard InChI is InChI=1S/C17H18F3NO4S/c1-12(2)11-21(13-4-3-5-14(22)10-13)26(23,24)16-8-6-15(7-9-16)25-17(18,19)20/h3-10,12,22H,11H2,1-2H3. The predicted molar refractivity (Wildman–Crippen MR) is 90.6 cm³/mol. The second-order valence-electron chi connectivity index (χ2n) is 5.97. The molecule has 2 aromatic rings. The van der Waals surface area contributed by atoms with Crippen LogP contribution in [0.5, 0.6) is 11.5 Å². The summed E-state index contributed by atoms with van der Waals surface area (Å²) < 4.78 is 67.5. The number of aromatic hydroxyl groups is 1. The molecule has 1 N–H and O–H groups in total. The third-order valence-corrected chi connectivity index (χ3v) is 5.10. The lowest BCUT2D eigenvalue weighted by Crippen LogP contribution is -2.34. The van der Waals surface area contributed by atoms with Gasteiger partial charge in [-0.3, -0.25) is 4.31 Å². The third kappa shape index (κ3) is 5.04. The van der Waals surface area contributed by atoms with Crippen molar-refractivity contribution in [1.29, 1.82) is 0 Å². The second-order valence-corrected chi connectivity index (χ2v) is 7.83. The second kappa shape index (κ2) is 7.45. The molecule has 0 aliphatic heterocycles. The van der Waals surface area contributed by atoms with E-state index in [1.165, 1.54) is 24.3 Å². The molecule has 0 saturated heterocycles. The highest BCUT2D eigenvalue weighted by Crippen LogP contribution is 2.29. The summed E-state index contributed by atoms with van der Waals surface area (Å²) in [7, 11) is -4.04. The summed E-state index contributed by atoms with van der Waals surface area (Å²) in [4.78, 5) is -0.184. The Labute approximate surface area is 149 Å². The molecule has 0 saturated carbocycles. The number of nitrogens with zero attached hydrogens (tertiary/aromatic N) is 1. The zero-order valence-electron chi connectivity index (χ0n) is 14.1. The molecule has 9 heteroatoms. The Hall–Kier alpha value is -2.42. The molecule has 0 amide bonds. The van der Waals surface area contributed by atoms with Gasteiger partial charge in [0.2, 0.25) is 0 Å². The van der Waals surface area contributed by atoms with Crippen LogP contribution in [0.15, 0.2) is 53.4 Å². The average molecular weight is 389 g/mol. The lowest BCUT2D eigenvalue weighted by Gasteiger charge is -2.26. The van der Waals surface area contributed by atoms with Gasteiger partial charge in [0, 0.05) is 12.6 Å². The smallest absolute Gasteiger partial charge is 0.508 e. The van der Waals surface area contributed by atoms with Crippen molar-refractivity contribution in [2.24, 2.45) is 5.92 Å². The predicted octanol–water partition coefficient (Wildman–Crippen LogP) is 4.14. The van der Waals surface area contributed by atoms with Gasteiger partial charge in [-0.2, -0.15) is 0 Å². The molecule has 0 unspecified atom stereocenters. The average Bonchev–Trinajstić information content (AvgIpc) is 2.51. The molecule has 0 radical (unpaired) electrons. The summed E-state index contributed by atoms with van der Waals surface area (Å²) in [6.45, 7) is 3.78. The van der Waals surface area contributed by atoms with Crippen LogP contribution in [-0.2, 0) is 10.0 Å².